The van der Waals surface area contributed by atoms with E-state index in [0.717, 1.165) is 23.4 Å². The Morgan fingerprint density at radius 3 is 3.00 bits per heavy atom. The highest BCUT2D eigenvalue weighted by Gasteiger charge is 2.17. The molecule has 0 fully saturated rings. The number of rotatable bonds is 3. The number of aliphatic hydroxyl groups is 1. The molecule has 2 rings (SSSR count). The summed E-state index contributed by atoms with van der Waals surface area (Å²) in [5.74, 6) is 0. The predicted molar refractivity (Wildman–Crippen MR) is 62.4 cm³/mol. The number of halogens is 1. The molecule has 2 N–H and O–H groups in total. The zero-order valence-corrected chi connectivity index (χ0v) is 9.64. The molecule has 0 amide bonds. The van der Waals surface area contributed by atoms with Gasteiger partial charge >= 0.3 is 0 Å². The number of hydrogen-bond acceptors (Lipinski definition) is 2. The summed E-state index contributed by atoms with van der Waals surface area (Å²) in [4.78, 5) is 0. The van der Waals surface area contributed by atoms with Gasteiger partial charge < -0.3 is 10.4 Å². The normalized spacial score (nSPS) is 16.5. The van der Waals surface area contributed by atoms with Crippen LogP contribution in [-0.2, 0) is 12.8 Å². The number of likely N-dealkylation sites (N-methyl/N-ethyl adjacent to an activating group) is 1. The molecule has 1 unspecified atom stereocenters. The number of nitrogens with one attached hydrogen (secondary N) is 1. The van der Waals surface area contributed by atoms with Gasteiger partial charge in [-0.1, -0.05) is 17.7 Å². The Balaban J connectivity index is 2.30. The minimum atomic E-state index is -0.460. The Kier molecular flexibility index (Phi) is 3.29. The Hall–Kier alpha value is -0.570. The van der Waals surface area contributed by atoms with E-state index in [2.05, 4.69) is 11.4 Å². The molecule has 0 heterocycles. The highest BCUT2D eigenvalue weighted by molar-refractivity contribution is 6.31. The van der Waals surface area contributed by atoms with Crippen molar-refractivity contribution in [3.05, 3.63) is 33.8 Å². The Labute approximate surface area is 95.3 Å². The van der Waals surface area contributed by atoms with Crippen LogP contribution in [-0.4, -0.2) is 18.7 Å². The molecule has 0 saturated heterocycles. The van der Waals surface area contributed by atoms with E-state index in [1.54, 1.807) is 0 Å². The Bertz CT molecular complexity index is 365. The Morgan fingerprint density at radius 2 is 2.27 bits per heavy atom. The van der Waals surface area contributed by atoms with Crippen LogP contribution in [0.5, 0.6) is 0 Å². The predicted octanol–water partition coefficient (Wildman–Crippen LogP) is 2.08. The summed E-state index contributed by atoms with van der Waals surface area (Å²) in [5.41, 5.74) is 3.51. The van der Waals surface area contributed by atoms with Crippen molar-refractivity contribution in [3.8, 4) is 0 Å². The number of benzene rings is 1. The lowest BCUT2D eigenvalue weighted by Crippen LogP contribution is -2.16. The molecule has 0 aromatic heterocycles. The summed E-state index contributed by atoms with van der Waals surface area (Å²) in [6, 6.07) is 3.99. The second kappa shape index (κ2) is 4.52. The fraction of sp³-hybridized carbons (Fsp3) is 0.500. The van der Waals surface area contributed by atoms with Gasteiger partial charge in [0.05, 0.1) is 6.10 Å². The second-order valence-electron chi connectivity index (χ2n) is 4.07. The molecular formula is C12H16ClNO. The van der Waals surface area contributed by atoms with Crippen LogP contribution in [0.4, 0.5) is 0 Å². The largest absolute Gasteiger partial charge is 0.387 e. The molecule has 1 aliphatic carbocycles. The van der Waals surface area contributed by atoms with Gasteiger partial charge in [-0.15, -0.1) is 0 Å². The number of aryl methyl sites for hydroxylation is 1. The van der Waals surface area contributed by atoms with Gasteiger partial charge in [-0.25, -0.2) is 0 Å². The maximum absolute atomic E-state index is 9.86. The lowest BCUT2D eigenvalue weighted by atomic mass is 10.0. The second-order valence-corrected chi connectivity index (χ2v) is 4.47. The molecule has 2 nitrogen and oxygen atoms in total. The highest BCUT2D eigenvalue weighted by Crippen LogP contribution is 2.31. The molecular weight excluding hydrogens is 210 g/mol. The third-order valence-corrected chi connectivity index (χ3v) is 3.30. The van der Waals surface area contributed by atoms with E-state index in [1.165, 1.54) is 17.5 Å². The molecule has 15 heavy (non-hydrogen) atoms. The molecule has 1 aromatic carbocycles. The van der Waals surface area contributed by atoms with Gasteiger partial charge in [0.15, 0.2) is 0 Å². The lowest BCUT2D eigenvalue weighted by Gasteiger charge is -2.13. The van der Waals surface area contributed by atoms with E-state index in [-0.39, 0.29) is 0 Å². The van der Waals surface area contributed by atoms with Crippen molar-refractivity contribution in [2.75, 3.05) is 13.6 Å². The van der Waals surface area contributed by atoms with Crippen LogP contribution < -0.4 is 5.32 Å². The molecule has 0 saturated carbocycles. The van der Waals surface area contributed by atoms with Gasteiger partial charge in [0.2, 0.25) is 0 Å². The molecule has 1 aliphatic rings. The lowest BCUT2D eigenvalue weighted by molar-refractivity contribution is 0.177. The Morgan fingerprint density at radius 1 is 1.47 bits per heavy atom. The van der Waals surface area contributed by atoms with Crippen molar-refractivity contribution in [2.45, 2.75) is 25.4 Å². The summed E-state index contributed by atoms with van der Waals surface area (Å²) < 4.78 is 0. The highest BCUT2D eigenvalue weighted by atomic mass is 35.5. The third kappa shape index (κ3) is 2.17. The topological polar surface area (TPSA) is 32.3 Å². The van der Waals surface area contributed by atoms with Crippen LogP contribution >= 0.6 is 11.6 Å². The average molecular weight is 226 g/mol. The summed E-state index contributed by atoms with van der Waals surface area (Å²) in [6.45, 7) is 0.565. The minimum Gasteiger partial charge on any atom is -0.387 e. The first-order valence-electron chi connectivity index (χ1n) is 5.36. The van der Waals surface area contributed by atoms with Crippen molar-refractivity contribution in [1.29, 1.82) is 0 Å². The van der Waals surface area contributed by atoms with Crippen LogP contribution in [0, 0.1) is 0 Å². The maximum Gasteiger partial charge on any atom is 0.0914 e. The first-order valence-corrected chi connectivity index (χ1v) is 5.74. The molecule has 0 spiro atoms. The molecule has 0 radical (unpaired) electrons. The van der Waals surface area contributed by atoms with Crippen molar-refractivity contribution in [3.63, 3.8) is 0 Å². The van der Waals surface area contributed by atoms with Gasteiger partial charge in [0.1, 0.15) is 0 Å². The summed E-state index contributed by atoms with van der Waals surface area (Å²) in [7, 11) is 1.83. The summed E-state index contributed by atoms with van der Waals surface area (Å²) in [6.07, 6.45) is 2.89. The summed E-state index contributed by atoms with van der Waals surface area (Å²) in [5, 5.41) is 13.6. The van der Waals surface area contributed by atoms with Gasteiger partial charge in [0.25, 0.3) is 0 Å². The van der Waals surface area contributed by atoms with Gasteiger partial charge in [-0.2, -0.15) is 0 Å². The molecule has 82 valence electrons. The SMILES string of the molecule is CNCC(O)c1cc(Cl)c2c(c1)CCC2. The van der Waals surface area contributed by atoms with Crippen LogP contribution in [0.15, 0.2) is 12.1 Å². The number of hydrogen-bond donors (Lipinski definition) is 2. The van der Waals surface area contributed by atoms with E-state index < -0.39 is 6.10 Å². The van der Waals surface area contributed by atoms with Gasteiger partial charge in [0, 0.05) is 11.6 Å². The molecule has 0 aliphatic heterocycles. The van der Waals surface area contributed by atoms with Crippen LogP contribution in [0.3, 0.4) is 0 Å². The van der Waals surface area contributed by atoms with Gasteiger partial charge in [-0.05, 0) is 49.1 Å². The number of aliphatic hydroxyl groups excluding tert-OH is 1. The summed E-state index contributed by atoms with van der Waals surface area (Å²) >= 11 is 6.19. The fourth-order valence-corrected chi connectivity index (χ4v) is 2.52. The van der Waals surface area contributed by atoms with Crippen molar-refractivity contribution in [1.82, 2.24) is 5.32 Å². The van der Waals surface area contributed by atoms with E-state index in [1.807, 2.05) is 13.1 Å². The van der Waals surface area contributed by atoms with Crippen LogP contribution in [0.2, 0.25) is 5.02 Å². The smallest absolute Gasteiger partial charge is 0.0914 e. The van der Waals surface area contributed by atoms with E-state index in [0.29, 0.717) is 6.54 Å². The third-order valence-electron chi connectivity index (χ3n) is 2.97. The molecule has 1 atom stereocenters. The fourth-order valence-electron chi connectivity index (χ4n) is 2.18. The number of fused-ring (bicyclic) bond motifs is 1. The first-order chi connectivity index (χ1) is 7.22. The van der Waals surface area contributed by atoms with Crippen LogP contribution in [0.1, 0.15) is 29.2 Å². The average Bonchev–Trinajstić information content (AvgIpc) is 2.66. The van der Waals surface area contributed by atoms with E-state index in [4.69, 9.17) is 11.6 Å². The monoisotopic (exact) mass is 225 g/mol. The van der Waals surface area contributed by atoms with E-state index in [9.17, 15) is 5.11 Å². The first kappa shape index (κ1) is 10.9. The molecule has 3 heteroatoms. The maximum atomic E-state index is 9.86. The van der Waals surface area contributed by atoms with Gasteiger partial charge in [-0.3, -0.25) is 0 Å². The van der Waals surface area contributed by atoms with Crippen molar-refractivity contribution in [2.24, 2.45) is 0 Å². The van der Waals surface area contributed by atoms with E-state index >= 15 is 0 Å². The van der Waals surface area contributed by atoms with Crippen molar-refractivity contribution < 1.29 is 5.11 Å². The molecule has 1 aromatic rings. The zero-order chi connectivity index (χ0) is 10.8. The minimum absolute atomic E-state index is 0.460. The molecule has 0 bridgehead atoms. The standard InChI is InChI=1S/C12H16ClNO/c1-14-7-12(15)9-5-8-3-2-4-10(8)11(13)6-9/h5-6,12,14-15H,2-4,7H2,1H3. The van der Waals surface area contributed by atoms with Crippen LogP contribution in [0.25, 0.3) is 0 Å². The van der Waals surface area contributed by atoms with Crippen molar-refractivity contribution >= 4 is 11.6 Å². The quantitative estimate of drug-likeness (QED) is 0.826. The zero-order valence-electron chi connectivity index (χ0n) is 8.89.